The normalized spacial score (nSPS) is 15.1. The van der Waals surface area contributed by atoms with Gasteiger partial charge in [0, 0.05) is 5.92 Å². The third kappa shape index (κ3) is 13.6. The Hall–Kier alpha value is -3.96. The fraction of sp³-hybridized carbons (Fsp3) is 0.568. The van der Waals surface area contributed by atoms with Crippen molar-refractivity contribution in [2.45, 2.75) is 111 Å². The number of carboxylic acid groups (broad SMARTS) is 2. The van der Waals surface area contributed by atoms with E-state index < -0.39 is 41.8 Å². The quantitative estimate of drug-likeness (QED) is 0.163. The van der Waals surface area contributed by atoms with E-state index in [1.54, 1.807) is 6.92 Å². The van der Waals surface area contributed by atoms with Crippen LogP contribution in [0.5, 0.6) is 0 Å². The highest BCUT2D eigenvalue weighted by Crippen LogP contribution is 2.44. The number of carbonyl (C=O) groups excluding carboxylic acids is 2. The summed E-state index contributed by atoms with van der Waals surface area (Å²) in [5, 5.41) is 20.1. The number of esters is 1. The van der Waals surface area contributed by atoms with Crippen LogP contribution in [0.4, 0.5) is 4.79 Å². The topological polar surface area (TPSA) is 191 Å². The summed E-state index contributed by atoms with van der Waals surface area (Å²) in [7, 11) is 0. The first-order valence-corrected chi connectivity index (χ1v) is 16.6. The van der Waals surface area contributed by atoms with Crippen molar-refractivity contribution < 1.29 is 38.9 Å². The second-order valence-corrected chi connectivity index (χ2v) is 13.7. The van der Waals surface area contributed by atoms with Gasteiger partial charge < -0.3 is 36.5 Å². The van der Waals surface area contributed by atoms with E-state index in [4.69, 9.17) is 26.0 Å². The van der Waals surface area contributed by atoms with Crippen LogP contribution in [0, 0.1) is 17.8 Å². The molecule has 3 rings (SSSR count). The van der Waals surface area contributed by atoms with Crippen molar-refractivity contribution in [1.29, 1.82) is 0 Å². The van der Waals surface area contributed by atoms with E-state index in [9.17, 15) is 24.3 Å². The summed E-state index contributed by atoms with van der Waals surface area (Å²) in [4.78, 5) is 45.0. The zero-order valence-electron chi connectivity index (χ0n) is 30.0. The van der Waals surface area contributed by atoms with Gasteiger partial charge in [-0.2, -0.15) is 0 Å². The summed E-state index contributed by atoms with van der Waals surface area (Å²) >= 11 is 0. The van der Waals surface area contributed by atoms with Crippen LogP contribution in [-0.4, -0.2) is 64.5 Å². The maximum absolute atomic E-state index is 12.2. The number of ether oxygens (including phenoxy) is 2. The number of carboxylic acids is 2. The van der Waals surface area contributed by atoms with Crippen molar-refractivity contribution in [1.82, 2.24) is 5.32 Å². The highest BCUT2D eigenvalue weighted by atomic mass is 16.6. The molecule has 5 unspecified atom stereocenters. The Morgan fingerprint density at radius 2 is 1.29 bits per heavy atom. The van der Waals surface area contributed by atoms with Gasteiger partial charge in [0.05, 0.1) is 0 Å². The molecule has 2 aromatic carbocycles. The van der Waals surface area contributed by atoms with Gasteiger partial charge in [-0.25, -0.2) is 9.59 Å². The van der Waals surface area contributed by atoms with Gasteiger partial charge in [-0.1, -0.05) is 103 Å². The molecular formula is C37H57N3O8. The molecule has 0 fully saturated rings. The molecule has 268 valence electrons. The number of carbonyl (C=O) groups is 4. The summed E-state index contributed by atoms with van der Waals surface area (Å²) in [6, 6.07) is 14.0. The Morgan fingerprint density at radius 3 is 1.67 bits per heavy atom. The summed E-state index contributed by atoms with van der Waals surface area (Å²) in [6.45, 7) is 17.2. The van der Waals surface area contributed by atoms with Gasteiger partial charge in [0.2, 0.25) is 0 Å². The molecule has 0 spiro atoms. The average molecular weight is 672 g/mol. The Bertz CT molecular complexity index is 1290. The fourth-order valence-electron chi connectivity index (χ4n) is 4.91. The Balaban J connectivity index is 0.000000437. The van der Waals surface area contributed by atoms with E-state index in [1.807, 2.05) is 91.8 Å². The molecule has 0 radical (unpaired) electrons. The maximum atomic E-state index is 12.2. The van der Waals surface area contributed by atoms with Crippen LogP contribution >= 0.6 is 0 Å². The van der Waals surface area contributed by atoms with Gasteiger partial charge in [0.25, 0.3) is 0 Å². The number of aliphatic carboxylic acids is 2. The number of alkyl carbamates (subject to hydrolysis) is 1. The molecular weight excluding hydrogens is 614 g/mol. The molecule has 11 nitrogen and oxygen atoms in total. The molecule has 11 heteroatoms. The van der Waals surface area contributed by atoms with Gasteiger partial charge in [0.1, 0.15) is 30.3 Å². The lowest BCUT2D eigenvalue weighted by molar-refractivity contribution is -0.157. The number of fused-ring (bicyclic) bond motifs is 3. The monoisotopic (exact) mass is 671 g/mol. The fourth-order valence-corrected chi connectivity index (χ4v) is 4.91. The van der Waals surface area contributed by atoms with Crippen molar-refractivity contribution in [3.63, 3.8) is 0 Å². The van der Waals surface area contributed by atoms with E-state index in [-0.39, 0.29) is 30.3 Å². The minimum absolute atomic E-state index is 0.0416. The highest BCUT2D eigenvalue weighted by molar-refractivity contribution is 5.81. The van der Waals surface area contributed by atoms with E-state index in [1.165, 1.54) is 0 Å². The summed E-state index contributed by atoms with van der Waals surface area (Å²) in [6.07, 6.45) is 1.40. The Labute approximate surface area is 285 Å². The van der Waals surface area contributed by atoms with Gasteiger partial charge in [0.15, 0.2) is 0 Å². The Kier molecular flexibility index (Phi) is 17.3. The van der Waals surface area contributed by atoms with Gasteiger partial charge >= 0.3 is 24.0 Å². The lowest BCUT2D eigenvalue weighted by atomic mass is 9.98. The third-order valence-corrected chi connectivity index (χ3v) is 8.07. The number of nitrogens with one attached hydrogen (secondary N) is 1. The number of amides is 1. The number of hydrogen-bond donors (Lipinski definition) is 5. The van der Waals surface area contributed by atoms with Crippen molar-refractivity contribution in [3.8, 4) is 11.1 Å². The first-order valence-electron chi connectivity index (χ1n) is 16.6. The van der Waals surface area contributed by atoms with Crippen molar-refractivity contribution >= 4 is 24.0 Å². The van der Waals surface area contributed by atoms with Crippen LogP contribution in [0.1, 0.15) is 98.6 Å². The molecule has 7 N–H and O–H groups in total. The van der Waals surface area contributed by atoms with E-state index in [0.717, 1.165) is 28.7 Å². The van der Waals surface area contributed by atoms with Crippen LogP contribution in [0.25, 0.3) is 11.1 Å². The standard InChI is InChI=1S/C21H23NO4.C10H21NO2.C6H13NO2/c1-3-13(2)19(20(23)24)22-21(25)26-12-18-16-10-6-4-8-14(16)15-9-5-7-11-17(15)18;1-6-7(2)8(11)9(12)13-10(3,4)5;1-4(2)3-5(7)6(8)9/h4-11,13,18-19H,3,12H2,1-2H3,(H,22,25)(H,23,24);7-8H,6,11H2,1-5H3;4-5H,3,7H2,1-2H3,(H,8,9). The molecule has 0 aromatic heterocycles. The predicted molar refractivity (Wildman–Crippen MR) is 187 cm³/mol. The molecule has 1 amide bonds. The molecule has 0 saturated carbocycles. The number of nitrogens with two attached hydrogens (primary N) is 2. The maximum Gasteiger partial charge on any atom is 0.407 e. The van der Waals surface area contributed by atoms with Crippen molar-refractivity contribution in [2.24, 2.45) is 29.2 Å². The first-order chi connectivity index (χ1) is 22.3. The largest absolute Gasteiger partial charge is 0.480 e. The first kappa shape index (κ1) is 42.1. The molecule has 2 aromatic rings. The van der Waals surface area contributed by atoms with E-state index in [2.05, 4.69) is 17.4 Å². The number of rotatable bonds is 12. The molecule has 0 saturated heterocycles. The summed E-state index contributed by atoms with van der Waals surface area (Å²) in [5.74, 6) is -1.95. The minimum Gasteiger partial charge on any atom is -0.480 e. The van der Waals surface area contributed by atoms with Crippen LogP contribution in [0.15, 0.2) is 48.5 Å². The van der Waals surface area contributed by atoms with Crippen LogP contribution in [0.3, 0.4) is 0 Å². The lowest BCUT2D eigenvalue weighted by Gasteiger charge is -2.24. The zero-order valence-corrected chi connectivity index (χ0v) is 30.0. The van der Waals surface area contributed by atoms with Crippen LogP contribution < -0.4 is 16.8 Å². The zero-order chi connectivity index (χ0) is 36.8. The minimum atomic E-state index is -1.05. The van der Waals surface area contributed by atoms with E-state index >= 15 is 0 Å². The number of hydrogen-bond acceptors (Lipinski definition) is 8. The van der Waals surface area contributed by atoms with Crippen molar-refractivity contribution in [2.75, 3.05) is 6.61 Å². The van der Waals surface area contributed by atoms with E-state index in [0.29, 0.717) is 18.8 Å². The molecule has 0 bridgehead atoms. The molecule has 1 aliphatic rings. The number of benzene rings is 2. The third-order valence-electron chi connectivity index (χ3n) is 8.07. The molecule has 1 aliphatic carbocycles. The highest BCUT2D eigenvalue weighted by Gasteiger charge is 2.31. The van der Waals surface area contributed by atoms with Gasteiger partial charge in [-0.15, -0.1) is 0 Å². The van der Waals surface area contributed by atoms with Gasteiger partial charge in [-0.3, -0.25) is 9.59 Å². The second-order valence-electron chi connectivity index (χ2n) is 13.7. The Morgan fingerprint density at radius 1 is 0.812 bits per heavy atom. The molecule has 0 aliphatic heterocycles. The van der Waals surface area contributed by atoms with Crippen molar-refractivity contribution in [3.05, 3.63) is 59.7 Å². The van der Waals surface area contributed by atoms with Gasteiger partial charge in [-0.05, 0) is 67.2 Å². The molecule has 0 heterocycles. The van der Waals surface area contributed by atoms with Crippen LogP contribution in [0.2, 0.25) is 0 Å². The summed E-state index contributed by atoms with van der Waals surface area (Å²) in [5.41, 5.74) is 15.0. The SMILES string of the molecule is CC(C)CC(N)C(=O)O.CCC(C)C(N)C(=O)OC(C)(C)C.CCC(C)C(NC(=O)OCC1c2ccccc2-c2ccccc21)C(=O)O. The molecule has 5 atom stereocenters. The average Bonchev–Trinajstić information content (AvgIpc) is 3.34. The predicted octanol–water partition coefficient (Wildman–Crippen LogP) is 6.17. The molecule has 48 heavy (non-hydrogen) atoms. The summed E-state index contributed by atoms with van der Waals surface area (Å²) < 4.78 is 10.6. The second kappa shape index (κ2) is 19.8. The smallest absolute Gasteiger partial charge is 0.407 e. The van der Waals surface area contributed by atoms with Crippen LogP contribution in [-0.2, 0) is 23.9 Å². The lowest BCUT2D eigenvalue weighted by Crippen LogP contribution is -2.45.